The van der Waals surface area contributed by atoms with Gasteiger partial charge in [-0.15, -0.1) is 0 Å². The monoisotopic (exact) mass is 352 g/mol. The van der Waals surface area contributed by atoms with Crippen molar-refractivity contribution in [2.45, 2.75) is 51.6 Å². The van der Waals surface area contributed by atoms with Gasteiger partial charge in [0.15, 0.2) is 0 Å². The van der Waals surface area contributed by atoms with Crippen LogP contribution in [0.2, 0.25) is 5.02 Å². The number of halogens is 1. The maximum absolute atomic E-state index is 12.4. The van der Waals surface area contributed by atoms with Crippen LogP contribution in [0.15, 0.2) is 18.2 Å². The van der Waals surface area contributed by atoms with Crippen molar-refractivity contribution in [2.24, 2.45) is 0 Å². The number of esters is 1. The number of cyclic esters (lactones) is 1. The summed E-state index contributed by atoms with van der Waals surface area (Å²) in [5.41, 5.74) is -0.0389. The van der Waals surface area contributed by atoms with E-state index in [4.69, 9.17) is 16.3 Å². The Labute approximate surface area is 145 Å². The van der Waals surface area contributed by atoms with Crippen LogP contribution in [-0.2, 0) is 16.0 Å². The summed E-state index contributed by atoms with van der Waals surface area (Å²) in [4.78, 5) is 24.6. The Morgan fingerprint density at radius 1 is 1.17 bits per heavy atom. The predicted molar refractivity (Wildman–Crippen MR) is 90.6 cm³/mol. The molecule has 0 aromatic heterocycles. The summed E-state index contributed by atoms with van der Waals surface area (Å²) in [6.45, 7) is 1.75. The lowest BCUT2D eigenvalue weighted by Gasteiger charge is -2.17. The number of phenolic OH excluding ortho intramolecular Hbond substituents is 2. The van der Waals surface area contributed by atoms with Gasteiger partial charge in [0.2, 0.25) is 0 Å². The fraction of sp³-hybridized carbons (Fsp3) is 0.444. The first-order chi connectivity index (χ1) is 11.4. The van der Waals surface area contributed by atoms with E-state index in [9.17, 15) is 19.8 Å². The molecule has 0 spiro atoms. The number of fused-ring (bicyclic) bond motifs is 1. The summed E-state index contributed by atoms with van der Waals surface area (Å²) in [7, 11) is 0. The number of aromatic hydroxyl groups is 2. The van der Waals surface area contributed by atoms with E-state index < -0.39 is 11.7 Å². The molecule has 2 N–H and O–H groups in total. The van der Waals surface area contributed by atoms with Gasteiger partial charge in [-0.25, -0.2) is 4.79 Å². The summed E-state index contributed by atoms with van der Waals surface area (Å²) >= 11 is 6.07. The molecular weight excluding hydrogens is 332 g/mol. The van der Waals surface area contributed by atoms with Gasteiger partial charge >= 0.3 is 5.97 Å². The van der Waals surface area contributed by atoms with E-state index in [2.05, 4.69) is 0 Å². The first kappa shape index (κ1) is 18.3. The van der Waals surface area contributed by atoms with Gasteiger partial charge in [-0.1, -0.05) is 23.8 Å². The smallest absolute Gasteiger partial charge is 0.342 e. The number of ketones is 1. The highest BCUT2D eigenvalue weighted by Crippen LogP contribution is 2.37. The molecule has 0 amide bonds. The zero-order chi connectivity index (χ0) is 17.7. The van der Waals surface area contributed by atoms with Gasteiger partial charge in [0, 0.05) is 30.9 Å². The van der Waals surface area contributed by atoms with Crippen LogP contribution in [-0.4, -0.2) is 28.1 Å². The van der Waals surface area contributed by atoms with Gasteiger partial charge in [-0.05, 0) is 26.2 Å². The van der Waals surface area contributed by atoms with Crippen LogP contribution in [0.1, 0.15) is 54.9 Å². The van der Waals surface area contributed by atoms with E-state index >= 15 is 0 Å². The van der Waals surface area contributed by atoms with Crippen LogP contribution in [0.3, 0.4) is 0 Å². The third kappa shape index (κ3) is 4.51. The molecule has 5 nitrogen and oxygen atoms in total. The second kappa shape index (κ2) is 8.20. The first-order valence-corrected chi connectivity index (χ1v) is 8.39. The number of allylic oxidation sites excluding steroid dienone is 1. The Hall–Kier alpha value is -2.01. The Balaban J connectivity index is 2.43. The molecule has 130 valence electrons. The number of carbonyl (C=O) groups excluding carboxylic acids is 2. The Kier molecular flexibility index (Phi) is 6.26. The molecule has 0 saturated heterocycles. The van der Waals surface area contributed by atoms with Gasteiger partial charge in [0.1, 0.15) is 28.9 Å². The lowest BCUT2D eigenvalue weighted by molar-refractivity contribution is -0.118. The van der Waals surface area contributed by atoms with E-state index in [-0.39, 0.29) is 40.2 Å². The molecule has 1 aliphatic rings. The molecule has 0 aliphatic carbocycles. The maximum atomic E-state index is 12.4. The number of hydrogen-bond donors (Lipinski definition) is 2. The van der Waals surface area contributed by atoms with Crippen molar-refractivity contribution in [3.05, 3.63) is 34.4 Å². The molecule has 1 aromatic rings. The largest absolute Gasteiger partial charge is 0.507 e. The summed E-state index contributed by atoms with van der Waals surface area (Å²) < 4.78 is 5.33. The normalized spacial score (nSPS) is 20.2. The number of ether oxygens (including phenoxy) is 1. The zero-order valence-corrected chi connectivity index (χ0v) is 14.3. The van der Waals surface area contributed by atoms with Gasteiger partial charge in [-0.3, -0.25) is 4.79 Å². The molecular formula is C18H21ClO5. The third-order valence-corrected chi connectivity index (χ3v) is 4.34. The van der Waals surface area contributed by atoms with Crippen LogP contribution < -0.4 is 0 Å². The highest BCUT2D eigenvalue weighted by Gasteiger charge is 2.26. The number of rotatable bonds is 0. The molecule has 0 unspecified atom stereocenters. The highest BCUT2D eigenvalue weighted by atomic mass is 35.5. The van der Waals surface area contributed by atoms with Crippen molar-refractivity contribution >= 4 is 23.4 Å². The van der Waals surface area contributed by atoms with Crippen molar-refractivity contribution in [3.8, 4) is 11.5 Å². The number of carbonyl (C=O) groups is 2. The molecule has 2 rings (SSSR count). The van der Waals surface area contributed by atoms with Crippen molar-refractivity contribution in [2.75, 3.05) is 0 Å². The second-order valence-corrected chi connectivity index (χ2v) is 6.34. The minimum absolute atomic E-state index is 0.104. The van der Waals surface area contributed by atoms with Gasteiger partial charge < -0.3 is 14.9 Å². The van der Waals surface area contributed by atoms with Crippen LogP contribution in [0, 0.1) is 0 Å². The molecule has 1 heterocycles. The zero-order valence-electron chi connectivity index (χ0n) is 13.5. The first-order valence-electron chi connectivity index (χ1n) is 8.01. The van der Waals surface area contributed by atoms with Crippen LogP contribution in [0.4, 0.5) is 0 Å². The fourth-order valence-electron chi connectivity index (χ4n) is 2.64. The van der Waals surface area contributed by atoms with E-state index in [0.717, 1.165) is 25.3 Å². The topological polar surface area (TPSA) is 83.8 Å². The van der Waals surface area contributed by atoms with Crippen LogP contribution in [0.25, 0.3) is 0 Å². The van der Waals surface area contributed by atoms with Crippen molar-refractivity contribution < 1.29 is 24.5 Å². The van der Waals surface area contributed by atoms with E-state index in [0.29, 0.717) is 12.8 Å². The van der Waals surface area contributed by atoms with E-state index in [1.807, 2.05) is 12.2 Å². The van der Waals surface area contributed by atoms with Crippen molar-refractivity contribution in [1.82, 2.24) is 0 Å². The van der Waals surface area contributed by atoms with Gasteiger partial charge in [0.25, 0.3) is 0 Å². The highest BCUT2D eigenvalue weighted by molar-refractivity contribution is 6.33. The molecule has 0 radical (unpaired) electrons. The van der Waals surface area contributed by atoms with Gasteiger partial charge in [0.05, 0.1) is 5.02 Å². The fourth-order valence-corrected chi connectivity index (χ4v) is 2.86. The molecule has 24 heavy (non-hydrogen) atoms. The molecule has 0 bridgehead atoms. The molecule has 1 aliphatic heterocycles. The quantitative estimate of drug-likeness (QED) is 0.546. The third-order valence-electron chi connectivity index (χ3n) is 3.92. The molecule has 6 heteroatoms. The number of hydrogen-bond acceptors (Lipinski definition) is 5. The average molecular weight is 353 g/mol. The molecule has 1 aromatic carbocycles. The Morgan fingerprint density at radius 2 is 1.92 bits per heavy atom. The van der Waals surface area contributed by atoms with Crippen molar-refractivity contribution in [3.63, 3.8) is 0 Å². The number of benzene rings is 1. The van der Waals surface area contributed by atoms with Gasteiger partial charge in [-0.2, -0.15) is 0 Å². The lowest BCUT2D eigenvalue weighted by Crippen LogP contribution is -2.18. The summed E-state index contributed by atoms with van der Waals surface area (Å²) in [5, 5.41) is 19.7. The maximum Gasteiger partial charge on any atom is 0.342 e. The van der Waals surface area contributed by atoms with Crippen LogP contribution in [0.5, 0.6) is 11.5 Å². The summed E-state index contributed by atoms with van der Waals surface area (Å²) in [6, 6.07) is 0.987. The van der Waals surface area contributed by atoms with E-state index in [1.54, 1.807) is 6.92 Å². The molecule has 0 saturated carbocycles. The van der Waals surface area contributed by atoms with Crippen LogP contribution >= 0.6 is 11.6 Å². The Morgan fingerprint density at radius 3 is 2.67 bits per heavy atom. The molecule has 1 atom stereocenters. The number of Topliss-reactive ketones (excluding diaryl/α,β-unsaturated/α-hetero) is 1. The minimum atomic E-state index is -0.754. The average Bonchev–Trinajstić information content (AvgIpc) is 2.50. The Bertz CT molecular complexity index is 666. The predicted octanol–water partition coefficient (Wildman–Crippen LogP) is 3.93. The van der Waals surface area contributed by atoms with Crippen molar-refractivity contribution in [1.29, 1.82) is 0 Å². The summed E-state index contributed by atoms with van der Waals surface area (Å²) in [6.07, 6.45) is 6.85. The SMILES string of the molecule is C[C@@H]1CC=CCCCCC(=O)Cc2c(Cl)c(O)cc(O)c2C(=O)O1. The standard InChI is InChI=1S/C18H21ClO5/c1-11-7-5-3-2-4-6-8-12(20)9-13-16(18(23)24-11)14(21)10-15(22)17(13)19/h3,5,10-11,21-22H,2,4,6-9H2,1H3/t11-/m1/s1. The second-order valence-electron chi connectivity index (χ2n) is 5.97. The summed E-state index contributed by atoms with van der Waals surface area (Å²) in [5.74, 6) is -1.68. The minimum Gasteiger partial charge on any atom is -0.507 e. The lowest BCUT2D eigenvalue weighted by atomic mass is 9.98. The van der Waals surface area contributed by atoms with E-state index in [1.165, 1.54) is 0 Å². The molecule has 0 fully saturated rings. The number of phenols is 2.